The molecule has 0 radical (unpaired) electrons. The van der Waals surface area contributed by atoms with Crippen LogP contribution in [0.1, 0.15) is 31.7 Å². The maximum absolute atomic E-state index is 11.3. The Morgan fingerprint density at radius 1 is 1.53 bits per heavy atom. The zero-order valence-electron chi connectivity index (χ0n) is 9.88. The molecule has 0 bridgehead atoms. The van der Waals surface area contributed by atoms with Gasteiger partial charge in [0.1, 0.15) is 0 Å². The van der Waals surface area contributed by atoms with Gasteiger partial charge in [-0.05, 0) is 18.4 Å². The summed E-state index contributed by atoms with van der Waals surface area (Å²) in [5.74, 6) is -0.375. The molecule has 0 aliphatic heterocycles. The zero-order valence-corrected chi connectivity index (χ0v) is 9.88. The van der Waals surface area contributed by atoms with Crippen molar-refractivity contribution in [3.8, 4) is 0 Å². The summed E-state index contributed by atoms with van der Waals surface area (Å²) in [6, 6.07) is 6.32. The molecule has 0 N–H and O–H groups in total. The van der Waals surface area contributed by atoms with Crippen molar-refractivity contribution in [1.82, 2.24) is 0 Å². The normalized spacial score (nSPS) is 11.9. The van der Waals surface area contributed by atoms with Crippen LogP contribution in [0.3, 0.4) is 0 Å². The number of carbonyl (C=O) groups is 1. The summed E-state index contributed by atoms with van der Waals surface area (Å²) in [6.45, 7) is 3.94. The van der Waals surface area contributed by atoms with Crippen LogP contribution in [-0.2, 0) is 9.53 Å². The first kappa shape index (κ1) is 13.2. The van der Waals surface area contributed by atoms with E-state index in [4.69, 9.17) is 4.74 Å². The maximum atomic E-state index is 11.3. The number of nitrogens with zero attached hydrogens (tertiary/aromatic N) is 1. The molecule has 92 valence electrons. The molecule has 0 saturated carbocycles. The summed E-state index contributed by atoms with van der Waals surface area (Å²) in [5.41, 5.74) is 0.811. The van der Waals surface area contributed by atoms with E-state index in [-0.39, 0.29) is 24.0 Å². The first-order valence-corrected chi connectivity index (χ1v) is 5.44. The Kier molecular flexibility index (Phi) is 4.63. The number of hydrogen-bond acceptors (Lipinski definition) is 4. The molecule has 5 heteroatoms. The number of ether oxygens (including phenoxy) is 1. The minimum Gasteiger partial charge on any atom is -0.466 e. The van der Waals surface area contributed by atoms with E-state index in [9.17, 15) is 14.9 Å². The lowest BCUT2D eigenvalue weighted by Crippen LogP contribution is -2.08. The number of benzene rings is 1. The van der Waals surface area contributed by atoms with Crippen LogP contribution >= 0.6 is 0 Å². The minimum absolute atomic E-state index is 0.0400. The third kappa shape index (κ3) is 3.86. The zero-order chi connectivity index (χ0) is 12.8. The van der Waals surface area contributed by atoms with E-state index in [1.54, 1.807) is 19.1 Å². The predicted octanol–water partition coefficient (Wildman–Crippen LogP) is 2.65. The monoisotopic (exact) mass is 237 g/mol. The fourth-order valence-electron chi connectivity index (χ4n) is 1.53. The molecule has 1 atom stereocenters. The Morgan fingerprint density at radius 2 is 2.24 bits per heavy atom. The van der Waals surface area contributed by atoms with Gasteiger partial charge in [0.2, 0.25) is 0 Å². The largest absolute Gasteiger partial charge is 0.466 e. The highest BCUT2D eigenvalue weighted by atomic mass is 16.6. The van der Waals surface area contributed by atoms with E-state index in [1.807, 2.05) is 6.92 Å². The van der Waals surface area contributed by atoms with Crippen LogP contribution in [0.25, 0.3) is 0 Å². The second kappa shape index (κ2) is 5.98. The number of rotatable bonds is 5. The Morgan fingerprint density at radius 3 is 2.82 bits per heavy atom. The Labute approximate surface area is 99.5 Å². The van der Waals surface area contributed by atoms with Gasteiger partial charge in [-0.25, -0.2) is 0 Å². The second-order valence-electron chi connectivity index (χ2n) is 3.76. The standard InChI is InChI=1S/C12H15NO4/c1-3-17-12(14)7-9(2)10-5-4-6-11(8-10)13(15)16/h4-6,8-9H,3,7H2,1-2H3/t9-/m0/s1. The van der Waals surface area contributed by atoms with Crippen molar-refractivity contribution in [2.45, 2.75) is 26.2 Å². The summed E-state index contributed by atoms with van der Waals surface area (Å²) in [6.07, 6.45) is 0.231. The molecule has 0 spiro atoms. The highest BCUT2D eigenvalue weighted by molar-refractivity contribution is 5.70. The number of non-ortho nitro benzene ring substituents is 1. The molecule has 0 saturated heterocycles. The molecular formula is C12H15NO4. The quantitative estimate of drug-likeness (QED) is 0.448. The van der Waals surface area contributed by atoms with Gasteiger partial charge in [-0.15, -0.1) is 0 Å². The van der Waals surface area contributed by atoms with Crippen molar-refractivity contribution in [2.24, 2.45) is 0 Å². The van der Waals surface area contributed by atoms with Gasteiger partial charge in [0.25, 0.3) is 5.69 Å². The lowest BCUT2D eigenvalue weighted by molar-refractivity contribution is -0.384. The topological polar surface area (TPSA) is 69.4 Å². The SMILES string of the molecule is CCOC(=O)C[C@H](C)c1cccc([N+](=O)[O-])c1. The van der Waals surface area contributed by atoms with Gasteiger partial charge in [-0.3, -0.25) is 14.9 Å². The van der Waals surface area contributed by atoms with E-state index in [1.165, 1.54) is 12.1 Å². The lowest BCUT2D eigenvalue weighted by Gasteiger charge is -2.10. The number of nitro groups is 1. The van der Waals surface area contributed by atoms with Crippen LogP contribution in [0.4, 0.5) is 5.69 Å². The van der Waals surface area contributed by atoms with Crippen molar-refractivity contribution >= 4 is 11.7 Å². The molecule has 1 rings (SSSR count). The Hall–Kier alpha value is -1.91. The van der Waals surface area contributed by atoms with E-state index in [0.717, 1.165) is 5.56 Å². The van der Waals surface area contributed by atoms with Crippen LogP contribution in [0.5, 0.6) is 0 Å². The molecule has 0 aliphatic rings. The average molecular weight is 237 g/mol. The van der Waals surface area contributed by atoms with Crippen LogP contribution in [-0.4, -0.2) is 17.5 Å². The molecule has 5 nitrogen and oxygen atoms in total. The van der Waals surface area contributed by atoms with Crippen molar-refractivity contribution in [3.63, 3.8) is 0 Å². The molecule has 0 unspecified atom stereocenters. The summed E-state index contributed by atoms with van der Waals surface area (Å²) in [4.78, 5) is 21.5. The van der Waals surface area contributed by atoms with Gasteiger partial charge in [0.05, 0.1) is 18.0 Å². The number of nitro benzene ring substituents is 1. The van der Waals surface area contributed by atoms with Crippen LogP contribution in [0.2, 0.25) is 0 Å². The van der Waals surface area contributed by atoms with Gasteiger partial charge in [-0.2, -0.15) is 0 Å². The average Bonchev–Trinajstić information content (AvgIpc) is 2.29. The van der Waals surface area contributed by atoms with Crippen molar-refractivity contribution < 1.29 is 14.5 Å². The van der Waals surface area contributed by atoms with Crippen molar-refractivity contribution in [2.75, 3.05) is 6.61 Å². The van der Waals surface area contributed by atoms with Gasteiger partial charge in [-0.1, -0.05) is 19.1 Å². The van der Waals surface area contributed by atoms with Gasteiger partial charge in [0.15, 0.2) is 0 Å². The number of esters is 1. The van der Waals surface area contributed by atoms with Crippen LogP contribution < -0.4 is 0 Å². The highest BCUT2D eigenvalue weighted by Crippen LogP contribution is 2.23. The third-order valence-electron chi connectivity index (χ3n) is 2.43. The summed E-state index contributed by atoms with van der Waals surface area (Å²) in [5, 5.41) is 10.6. The maximum Gasteiger partial charge on any atom is 0.306 e. The van der Waals surface area contributed by atoms with Gasteiger partial charge < -0.3 is 4.74 Å². The molecule has 17 heavy (non-hydrogen) atoms. The van der Waals surface area contributed by atoms with E-state index in [0.29, 0.717) is 6.61 Å². The van der Waals surface area contributed by atoms with Gasteiger partial charge in [0, 0.05) is 12.1 Å². The second-order valence-corrected chi connectivity index (χ2v) is 3.76. The molecule has 0 aliphatic carbocycles. The van der Waals surface area contributed by atoms with E-state index in [2.05, 4.69) is 0 Å². The fraction of sp³-hybridized carbons (Fsp3) is 0.417. The van der Waals surface area contributed by atoms with Crippen LogP contribution in [0.15, 0.2) is 24.3 Å². The first-order chi connectivity index (χ1) is 8.04. The molecule has 0 aromatic heterocycles. The first-order valence-electron chi connectivity index (χ1n) is 5.44. The van der Waals surface area contributed by atoms with Gasteiger partial charge >= 0.3 is 5.97 Å². The summed E-state index contributed by atoms with van der Waals surface area (Å²) < 4.78 is 4.84. The Balaban J connectivity index is 2.75. The fourth-order valence-corrected chi connectivity index (χ4v) is 1.53. The van der Waals surface area contributed by atoms with Crippen LogP contribution in [0, 0.1) is 10.1 Å². The molecular weight excluding hydrogens is 222 g/mol. The molecule has 1 aromatic rings. The molecule has 0 heterocycles. The Bertz CT molecular complexity index is 417. The summed E-state index contributed by atoms with van der Waals surface area (Å²) in [7, 11) is 0. The number of carbonyl (C=O) groups excluding carboxylic acids is 1. The van der Waals surface area contributed by atoms with E-state index >= 15 is 0 Å². The predicted molar refractivity (Wildman–Crippen MR) is 62.8 cm³/mol. The highest BCUT2D eigenvalue weighted by Gasteiger charge is 2.14. The molecule has 1 aromatic carbocycles. The van der Waals surface area contributed by atoms with E-state index < -0.39 is 4.92 Å². The minimum atomic E-state index is -0.444. The number of hydrogen-bond donors (Lipinski definition) is 0. The lowest BCUT2D eigenvalue weighted by atomic mass is 9.97. The van der Waals surface area contributed by atoms with Crippen molar-refractivity contribution in [3.05, 3.63) is 39.9 Å². The summed E-state index contributed by atoms with van der Waals surface area (Å²) >= 11 is 0. The molecule has 0 amide bonds. The smallest absolute Gasteiger partial charge is 0.306 e. The third-order valence-corrected chi connectivity index (χ3v) is 2.43. The molecule has 0 fully saturated rings. The van der Waals surface area contributed by atoms with Crippen molar-refractivity contribution in [1.29, 1.82) is 0 Å².